The number of aromatic nitrogens is 2. The van der Waals surface area contributed by atoms with Crippen LogP contribution in [0.2, 0.25) is 0 Å². The lowest BCUT2D eigenvalue weighted by atomic mass is 10.1. The molecule has 0 saturated carbocycles. The number of rotatable bonds is 7. The first-order valence-corrected chi connectivity index (χ1v) is 7.02. The second-order valence-corrected chi connectivity index (χ2v) is 4.91. The summed E-state index contributed by atoms with van der Waals surface area (Å²) in [6.45, 7) is -6.22. The normalized spacial score (nSPS) is 11.0. The van der Waals surface area contributed by atoms with Gasteiger partial charge in [-0.25, -0.2) is 4.98 Å². The van der Waals surface area contributed by atoms with E-state index in [1.807, 2.05) is 0 Å². The van der Waals surface area contributed by atoms with E-state index in [0.29, 0.717) is 4.57 Å². The van der Waals surface area contributed by atoms with Crippen LogP contribution in [0.5, 0.6) is 11.5 Å². The van der Waals surface area contributed by atoms with Gasteiger partial charge in [0.2, 0.25) is 0 Å². The van der Waals surface area contributed by atoms with Crippen LogP contribution in [0.1, 0.15) is 22.7 Å². The molecule has 2 aromatic rings. The Bertz CT molecular complexity index is 737. The topological polar surface area (TPSA) is 56.6 Å². The maximum Gasteiger partial charge on any atom is 0.387 e. The average molecular weight is 361 g/mol. The van der Waals surface area contributed by atoms with Crippen LogP contribution >= 0.6 is 0 Å². The summed E-state index contributed by atoms with van der Waals surface area (Å²) in [7, 11) is 2.57. The standard InChI is InChI=1S/C15H15F4N3O3/c1-21(8-11-20-6-7-22(11)14(16)17)13(23)9-4-3-5-10(24-2)12(9)25-15(18)19/h3-7,14-15H,8H2,1-2H3. The second-order valence-electron chi connectivity index (χ2n) is 4.91. The summed E-state index contributed by atoms with van der Waals surface area (Å²) >= 11 is 0. The maximum absolute atomic E-state index is 12.8. The predicted molar refractivity (Wildman–Crippen MR) is 78.9 cm³/mol. The Balaban J connectivity index is 2.28. The number of methoxy groups -OCH3 is 1. The molecule has 0 N–H and O–H groups in total. The van der Waals surface area contributed by atoms with Gasteiger partial charge in [-0.3, -0.25) is 9.36 Å². The molecule has 1 aromatic heterocycles. The molecule has 0 fully saturated rings. The number of amides is 1. The van der Waals surface area contributed by atoms with Crippen molar-refractivity contribution >= 4 is 5.91 Å². The minimum absolute atomic E-state index is 0.0476. The van der Waals surface area contributed by atoms with Crippen molar-refractivity contribution in [1.29, 1.82) is 0 Å². The molecule has 1 amide bonds. The number of alkyl halides is 4. The minimum atomic E-state index is -3.16. The van der Waals surface area contributed by atoms with Gasteiger partial charge in [0.25, 0.3) is 5.91 Å². The third kappa shape index (κ3) is 4.20. The first kappa shape index (κ1) is 18.6. The van der Waals surface area contributed by atoms with E-state index in [4.69, 9.17) is 4.74 Å². The quantitative estimate of drug-likeness (QED) is 0.711. The van der Waals surface area contributed by atoms with E-state index in [0.717, 1.165) is 11.1 Å². The molecule has 10 heteroatoms. The molecule has 0 aliphatic rings. The van der Waals surface area contributed by atoms with Gasteiger partial charge in [0.1, 0.15) is 5.82 Å². The molecule has 1 heterocycles. The third-order valence-electron chi connectivity index (χ3n) is 3.32. The molecule has 0 aliphatic heterocycles. The van der Waals surface area contributed by atoms with Crippen molar-refractivity contribution < 1.29 is 31.8 Å². The number of hydrogen-bond donors (Lipinski definition) is 0. The Morgan fingerprint density at radius 2 is 2.04 bits per heavy atom. The van der Waals surface area contributed by atoms with E-state index >= 15 is 0 Å². The van der Waals surface area contributed by atoms with Gasteiger partial charge in [-0.05, 0) is 12.1 Å². The number of carbonyl (C=O) groups excluding carboxylic acids is 1. The van der Waals surface area contributed by atoms with Crippen LogP contribution in [0.3, 0.4) is 0 Å². The molecule has 0 atom stereocenters. The highest BCUT2D eigenvalue weighted by molar-refractivity contribution is 5.97. The summed E-state index contributed by atoms with van der Waals surface area (Å²) in [5, 5.41) is 0. The molecule has 0 bridgehead atoms. The number of ether oxygens (including phenoxy) is 2. The van der Waals surface area contributed by atoms with E-state index in [9.17, 15) is 22.4 Å². The van der Waals surface area contributed by atoms with Gasteiger partial charge in [0.05, 0.1) is 19.2 Å². The van der Waals surface area contributed by atoms with Crippen LogP contribution in [0.4, 0.5) is 17.6 Å². The lowest BCUT2D eigenvalue weighted by Gasteiger charge is -2.20. The van der Waals surface area contributed by atoms with Gasteiger partial charge in [-0.15, -0.1) is 0 Å². The molecule has 6 nitrogen and oxygen atoms in total. The van der Waals surface area contributed by atoms with Gasteiger partial charge in [0, 0.05) is 19.4 Å². The number of carbonyl (C=O) groups is 1. The SMILES string of the molecule is COc1cccc(C(=O)N(C)Cc2nccn2C(F)F)c1OC(F)F. The van der Waals surface area contributed by atoms with Gasteiger partial charge in [0.15, 0.2) is 11.5 Å². The molecule has 0 radical (unpaired) electrons. The Morgan fingerprint density at radius 1 is 1.32 bits per heavy atom. The molecule has 0 spiro atoms. The van der Waals surface area contributed by atoms with Gasteiger partial charge < -0.3 is 14.4 Å². The van der Waals surface area contributed by atoms with Crippen LogP contribution in [0.15, 0.2) is 30.6 Å². The molecule has 136 valence electrons. The van der Waals surface area contributed by atoms with E-state index in [1.54, 1.807) is 0 Å². The molecule has 0 aliphatic carbocycles. The fraction of sp³-hybridized carbons (Fsp3) is 0.333. The number of halogens is 4. The summed E-state index contributed by atoms with van der Waals surface area (Å²) < 4.78 is 60.9. The van der Waals surface area contributed by atoms with Crippen LogP contribution < -0.4 is 9.47 Å². The Labute approximate surface area is 140 Å². The maximum atomic E-state index is 12.8. The number of nitrogens with zero attached hydrogens (tertiary/aromatic N) is 3. The van der Waals surface area contributed by atoms with Gasteiger partial charge in [-0.2, -0.15) is 17.6 Å². The van der Waals surface area contributed by atoms with Crippen LogP contribution in [0.25, 0.3) is 0 Å². The van der Waals surface area contributed by atoms with Crippen LogP contribution in [-0.2, 0) is 6.54 Å². The zero-order valence-electron chi connectivity index (χ0n) is 13.3. The number of imidazole rings is 1. The Hall–Kier alpha value is -2.78. The van der Waals surface area contributed by atoms with Crippen molar-refractivity contribution in [3.63, 3.8) is 0 Å². The lowest BCUT2D eigenvalue weighted by Crippen LogP contribution is -2.28. The molecule has 0 saturated heterocycles. The van der Waals surface area contributed by atoms with E-state index < -0.39 is 24.8 Å². The average Bonchev–Trinajstić information content (AvgIpc) is 3.02. The highest BCUT2D eigenvalue weighted by Gasteiger charge is 2.24. The van der Waals surface area contributed by atoms with E-state index in [-0.39, 0.29) is 23.7 Å². The zero-order valence-corrected chi connectivity index (χ0v) is 13.3. The number of para-hydroxylation sites is 1. The van der Waals surface area contributed by atoms with Gasteiger partial charge >= 0.3 is 13.2 Å². The molecule has 1 aromatic carbocycles. The van der Waals surface area contributed by atoms with Crippen molar-refractivity contribution in [3.05, 3.63) is 42.0 Å². The molecular weight excluding hydrogens is 346 g/mol. The molecular formula is C15H15F4N3O3. The van der Waals surface area contributed by atoms with E-state index in [1.165, 1.54) is 38.6 Å². The van der Waals surface area contributed by atoms with Gasteiger partial charge in [-0.1, -0.05) is 6.07 Å². The summed E-state index contributed by atoms with van der Waals surface area (Å²) in [6.07, 6.45) is 2.26. The Kier molecular flexibility index (Phi) is 5.84. The summed E-state index contributed by atoms with van der Waals surface area (Å²) in [5.74, 6) is -1.23. The van der Waals surface area contributed by atoms with Crippen molar-refractivity contribution in [3.8, 4) is 11.5 Å². The fourth-order valence-corrected chi connectivity index (χ4v) is 2.19. The first-order valence-electron chi connectivity index (χ1n) is 7.02. The van der Waals surface area contributed by atoms with Crippen molar-refractivity contribution in [2.75, 3.05) is 14.2 Å². The lowest BCUT2D eigenvalue weighted by molar-refractivity contribution is -0.0516. The molecule has 2 rings (SSSR count). The Morgan fingerprint density at radius 3 is 2.64 bits per heavy atom. The smallest absolute Gasteiger partial charge is 0.387 e. The second kappa shape index (κ2) is 7.86. The fourth-order valence-electron chi connectivity index (χ4n) is 2.19. The van der Waals surface area contributed by atoms with Crippen molar-refractivity contribution in [1.82, 2.24) is 14.5 Å². The summed E-state index contributed by atoms with van der Waals surface area (Å²) in [4.78, 5) is 17.4. The van der Waals surface area contributed by atoms with Crippen molar-refractivity contribution in [2.24, 2.45) is 0 Å². The minimum Gasteiger partial charge on any atom is -0.493 e. The zero-order chi connectivity index (χ0) is 18.6. The van der Waals surface area contributed by atoms with E-state index in [2.05, 4.69) is 9.72 Å². The summed E-state index contributed by atoms with van der Waals surface area (Å²) in [5.41, 5.74) is -0.183. The molecule has 25 heavy (non-hydrogen) atoms. The highest BCUT2D eigenvalue weighted by Crippen LogP contribution is 2.33. The third-order valence-corrected chi connectivity index (χ3v) is 3.32. The van der Waals surface area contributed by atoms with Crippen molar-refractivity contribution in [2.45, 2.75) is 19.7 Å². The number of benzene rings is 1. The van der Waals surface area contributed by atoms with Crippen LogP contribution in [-0.4, -0.2) is 41.1 Å². The largest absolute Gasteiger partial charge is 0.493 e. The predicted octanol–water partition coefficient (Wildman–Crippen LogP) is 3.16. The molecule has 0 unspecified atom stereocenters. The monoisotopic (exact) mass is 361 g/mol. The summed E-state index contributed by atoms with van der Waals surface area (Å²) in [6, 6.07) is 4.06. The first-order chi connectivity index (χ1) is 11.8. The number of hydrogen-bond acceptors (Lipinski definition) is 4. The highest BCUT2D eigenvalue weighted by atomic mass is 19.3. The van der Waals surface area contributed by atoms with Crippen LogP contribution in [0, 0.1) is 0 Å².